The molecule has 0 N–H and O–H groups in total. The molecule has 37 heavy (non-hydrogen) atoms. The van der Waals surface area contributed by atoms with Crippen LogP contribution in [0.3, 0.4) is 0 Å². The summed E-state index contributed by atoms with van der Waals surface area (Å²) in [4.78, 5) is 10.5. The highest BCUT2D eigenvalue weighted by molar-refractivity contribution is 7.25. The van der Waals surface area contributed by atoms with Gasteiger partial charge in [-0.2, -0.15) is 0 Å². The third-order valence-electron chi connectivity index (χ3n) is 7.68. The highest BCUT2D eigenvalue weighted by atomic mass is 32.1. The van der Waals surface area contributed by atoms with Gasteiger partial charge in [0.05, 0.1) is 22.8 Å². The summed E-state index contributed by atoms with van der Waals surface area (Å²) < 4.78 is 2.72. The Morgan fingerprint density at radius 2 is 1.16 bits per heavy atom. The van der Waals surface area contributed by atoms with Gasteiger partial charge in [0.25, 0.3) is 0 Å². The van der Waals surface area contributed by atoms with E-state index in [-0.39, 0.29) is 0 Å². The molecule has 0 radical (unpaired) electrons. The molecule has 0 saturated heterocycles. The zero-order valence-electron chi connectivity index (χ0n) is 23.7. The van der Waals surface area contributed by atoms with Crippen LogP contribution >= 0.6 is 11.3 Å². The summed E-state index contributed by atoms with van der Waals surface area (Å²) in [5, 5.41) is 2.72. The van der Waals surface area contributed by atoms with Gasteiger partial charge < -0.3 is 0 Å². The summed E-state index contributed by atoms with van der Waals surface area (Å²) in [6, 6.07) is 13.8. The van der Waals surface area contributed by atoms with Crippen LogP contribution in [-0.2, 0) is 12.8 Å². The number of rotatable bonds is 15. The molecule has 0 spiro atoms. The maximum Gasteiger partial charge on any atom is 0.0921 e. The molecule has 2 nitrogen and oxygen atoms in total. The Hall–Kier alpha value is -2.26. The van der Waals surface area contributed by atoms with Gasteiger partial charge >= 0.3 is 0 Å². The highest BCUT2D eigenvalue weighted by Gasteiger charge is 2.15. The molecule has 0 unspecified atom stereocenters. The predicted molar refractivity (Wildman–Crippen MR) is 164 cm³/mol. The number of unbranched alkanes of at least 4 members (excludes halogenated alkanes) is 10. The van der Waals surface area contributed by atoms with E-state index in [4.69, 9.17) is 9.97 Å². The summed E-state index contributed by atoms with van der Waals surface area (Å²) in [6.07, 6.45) is 17.8. The van der Waals surface area contributed by atoms with Crippen molar-refractivity contribution in [1.82, 2.24) is 9.97 Å². The molecule has 2 heterocycles. The topological polar surface area (TPSA) is 25.8 Å². The fourth-order valence-corrected chi connectivity index (χ4v) is 6.66. The molecule has 2 aromatic heterocycles. The second-order valence-electron chi connectivity index (χ2n) is 10.9. The predicted octanol–water partition coefficient (Wildman–Crippen LogP) is 10.9. The van der Waals surface area contributed by atoms with Crippen molar-refractivity contribution in [2.75, 3.05) is 0 Å². The van der Waals surface area contributed by atoms with Crippen LogP contribution in [0.2, 0.25) is 0 Å². The van der Waals surface area contributed by atoms with Crippen molar-refractivity contribution in [3.05, 3.63) is 59.0 Å². The van der Waals surface area contributed by atoms with E-state index >= 15 is 0 Å². The van der Waals surface area contributed by atoms with Gasteiger partial charge in [0, 0.05) is 25.7 Å². The van der Waals surface area contributed by atoms with E-state index in [0.29, 0.717) is 0 Å². The summed E-state index contributed by atoms with van der Waals surface area (Å²) in [5.41, 5.74) is 7.20. The quantitative estimate of drug-likeness (QED) is 0.147. The van der Waals surface area contributed by atoms with Crippen LogP contribution in [-0.4, -0.2) is 9.97 Å². The van der Waals surface area contributed by atoms with Crippen LogP contribution in [0.25, 0.3) is 31.4 Å². The molecule has 0 fully saturated rings. The van der Waals surface area contributed by atoms with Gasteiger partial charge in [-0.25, -0.2) is 4.98 Å². The van der Waals surface area contributed by atoms with E-state index in [0.717, 1.165) is 24.2 Å². The lowest BCUT2D eigenvalue weighted by Crippen LogP contribution is -2.06. The molecule has 0 saturated carbocycles. The number of benzene rings is 2. The fraction of sp³-hybridized carbons (Fsp3) is 0.529. The first kappa shape index (κ1) is 27.8. The van der Waals surface area contributed by atoms with E-state index < -0.39 is 0 Å². The average Bonchev–Trinajstić information content (AvgIpc) is 3.25. The van der Waals surface area contributed by atoms with Crippen molar-refractivity contribution < 1.29 is 0 Å². The van der Waals surface area contributed by atoms with Crippen molar-refractivity contribution >= 4 is 31.5 Å². The molecule has 0 aliphatic carbocycles. The summed E-state index contributed by atoms with van der Waals surface area (Å²) in [6.45, 7) is 8.92. The first-order valence-corrected chi connectivity index (χ1v) is 15.7. The maximum atomic E-state index is 5.32. The molecule has 0 atom stereocenters. The van der Waals surface area contributed by atoms with Crippen molar-refractivity contribution in [3.63, 3.8) is 0 Å². The highest BCUT2D eigenvalue weighted by Crippen LogP contribution is 2.37. The van der Waals surface area contributed by atoms with E-state index in [1.165, 1.54) is 120 Å². The number of nitrogens with zero attached hydrogens (tertiary/aromatic N) is 2. The normalized spacial score (nSPS) is 11.7. The monoisotopic (exact) mass is 514 g/mol. The lowest BCUT2D eigenvalue weighted by Gasteiger charge is -2.14. The molecule has 4 rings (SSSR count). The van der Waals surface area contributed by atoms with Gasteiger partial charge in [0.1, 0.15) is 0 Å². The number of thiophene rings is 1. The minimum absolute atomic E-state index is 1.02. The third-order valence-corrected chi connectivity index (χ3v) is 8.79. The van der Waals surface area contributed by atoms with Gasteiger partial charge in [-0.15, -0.1) is 11.3 Å². The molecular formula is C34H46N2S. The number of fused-ring (bicyclic) bond motifs is 3. The van der Waals surface area contributed by atoms with Crippen molar-refractivity contribution in [2.45, 2.75) is 118 Å². The zero-order chi connectivity index (χ0) is 26.0. The lowest BCUT2D eigenvalue weighted by molar-refractivity contribution is 0.599. The molecule has 0 bridgehead atoms. The van der Waals surface area contributed by atoms with Gasteiger partial charge in [-0.05, 0) is 57.2 Å². The first-order chi connectivity index (χ1) is 18.1. The second kappa shape index (κ2) is 14.0. The Balaban J connectivity index is 1.59. The van der Waals surface area contributed by atoms with Gasteiger partial charge in [-0.3, -0.25) is 4.98 Å². The van der Waals surface area contributed by atoms with Crippen LogP contribution in [0, 0.1) is 13.8 Å². The molecule has 2 aromatic carbocycles. The average molecular weight is 515 g/mol. The number of aryl methyl sites for hydroxylation is 4. The van der Waals surface area contributed by atoms with E-state index in [1.807, 2.05) is 11.3 Å². The van der Waals surface area contributed by atoms with Crippen LogP contribution in [0.1, 0.15) is 114 Å². The summed E-state index contributed by atoms with van der Waals surface area (Å²) >= 11 is 1.90. The minimum atomic E-state index is 1.02. The largest absolute Gasteiger partial charge is 0.254 e. The van der Waals surface area contributed by atoms with Gasteiger partial charge in [-0.1, -0.05) is 102 Å². The fourth-order valence-electron chi connectivity index (χ4n) is 5.42. The summed E-state index contributed by atoms with van der Waals surface area (Å²) in [7, 11) is 0. The van der Waals surface area contributed by atoms with E-state index in [1.54, 1.807) is 0 Å². The molecule has 0 aliphatic rings. The SMILES string of the molecule is CCCCCCCCc1nc(-c2ccc3c(c2)sc2cc(C)ccc23)c(CCCCCCCC)nc1C. The Labute approximate surface area is 229 Å². The maximum absolute atomic E-state index is 5.32. The minimum Gasteiger partial charge on any atom is -0.254 e. The molecule has 3 heteroatoms. The Morgan fingerprint density at radius 3 is 1.84 bits per heavy atom. The van der Waals surface area contributed by atoms with Crippen molar-refractivity contribution in [2.24, 2.45) is 0 Å². The van der Waals surface area contributed by atoms with Crippen LogP contribution in [0.15, 0.2) is 36.4 Å². The smallest absolute Gasteiger partial charge is 0.0921 e. The number of hydrogen-bond acceptors (Lipinski definition) is 3. The van der Waals surface area contributed by atoms with Crippen molar-refractivity contribution in [1.29, 1.82) is 0 Å². The summed E-state index contributed by atoms with van der Waals surface area (Å²) in [5.74, 6) is 0. The van der Waals surface area contributed by atoms with Crippen LogP contribution in [0.4, 0.5) is 0 Å². The second-order valence-corrected chi connectivity index (χ2v) is 12.0. The Kier molecular flexibility index (Phi) is 10.5. The van der Waals surface area contributed by atoms with Gasteiger partial charge in [0.15, 0.2) is 0 Å². The lowest BCUT2D eigenvalue weighted by atomic mass is 10.0. The number of aromatic nitrogens is 2. The molecule has 4 aromatic rings. The number of hydrogen-bond donors (Lipinski definition) is 0. The van der Waals surface area contributed by atoms with Crippen molar-refractivity contribution in [3.8, 4) is 11.3 Å². The first-order valence-electron chi connectivity index (χ1n) is 14.9. The molecule has 0 amide bonds. The van der Waals surface area contributed by atoms with Crippen LogP contribution < -0.4 is 0 Å². The van der Waals surface area contributed by atoms with Gasteiger partial charge in [0.2, 0.25) is 0 Å². The molecule has 0 aliphatic heterocycles. The van der Waals surface area contributed by atoms with E-state index in [9.17, 15) is 0 Å². The molecule has 198 valence electrons. The van der Waals surface area contributed by atoms with E-state index in [2.05, 4.69) is 64.1 Å². The Morgan fingerprint density at radius 1 is 0.595 bits per heavy atom. The third kappa shape index (κ3) is 7.41. The molecular weight excluding hydrogens is 468 g/mol. The Bertz CT molecular complexity index is 1290. The zero-order valence-corrected chi connectivity index (χ0v) is 24.5. The van der Waals surface area contributed by atoms with Crippen LogP contribution in [0.5, 0.6) is 0 Å². The standard InChI is InChI=1S/C34H46N2S/c1-5-7-9-11-13-15-17-30-26(4)35-31(18-16-14-12-10-8-6-2)34(36-30)27-20-22-29-28-21-19-25(3)23-32(28)37-33(29)24-27/h19-24H,5-18H2,1-4H3.